The Morgan fingerprint density at radius 2 is 1.78 bits per heavy atom. The number of hydrogen-bond donors (Lipinski definition) is 1. The van der Waals surface area contributed by atoms with E-state index in [0.717, 1.165) is 42.4 Å². The number of fused-ring (bicyclic) bond motifs is 5. The van der Waals surface area contributed by atoms with Gasteiger partial charge in [-0.3, -0.25) is 0 Å². The molecule has 1 N–H and O–H groups in total. The van der Waals surface area contributed by atoms with Crippen molar-refractivity contribution in [2.24, 2.45) is 40.4 Å². The van der Waals surface area contributed by atoms with Crippen molar-refractivity contribution < 1.29 is 5.11 Å². The summed E-state index contributed by atoms with van der Waals surface area (Å²) in [5, 5.41) is 10.1. The lowest BCUT2D eigenvalue weighted by Gasteiger charge is -2.58. The largest absolute Gasteiger partial charge is 0.393 e. The molecule has 1 nitrogen and oxygen atoms in total. The average molecular weight is 375 g/mol. The molecule has 7 atom stereocenters. The van der Waals surface area contributed by atoms with Gasteiger partial charge >= 0.3 is 0 Å². The lowest BCUT2D eigenvalue weighted by atomic mass is 9.47. The highest BCUT2D eigenvalue weighted by Gasteiger charge is 2.58. The normalized spacial score (nSPS) is 45.9. The summed E-state index contributed by atoms with van der Waals surface area (Å²) in [6.45, 7) is 14.0. The highest BCUT2D eigenvalue weighted by atomic mass is 16.3. The van der Waals surface area contributed by atoms with Gasteiger partial charge in [0.05, 0.1) is 6.10 Å². The Hall–Kier alpha value is -0.300. The molecule has 6 unspecified atom stereocenters. The van der Waals surface area contributed by atoms with Crippen molar-refractivity contribution in [1.82, 2.24) is 0 Å². The van der Waals surface area contributed by atoms with Gasteiger partial charge in [0.15, 0.2) is 0 Å². The van der Waals surface area contributed by atoms with Crippen LogP contribution in [0.3, 0.4) is 0 Å². The van der Waals surface area contributed by atoms with Crippen LogP contribution in [-0.2, 0) is 0 Å². The second-order valence-electron chi connectivity index (χ2n) is 10.9. The molecule has 3 fully saturated rings. The lowest BCUT2D eigenvalue weighted by molar-refractivity contribution is -0.0511. The van der Waals surface area contributed by atoms with Crippen LogP contribution in [0.15, 0.2) is 11.6 Å². The third-order valence-corrected chi connectivity index (χ3v) is 9.37. The second-order valence-corrected chi connectivity index (χ2v) is 10.9. The Kier molecular flexibility index (Phi) is 6.51. The zero-order valence-corrected chi connectivity index (χ0v) is 19.1. The third kappa shape index (κ3) is 3.67. The van der Waals surface area contributed by atoms with Gasteiger partial charge in [0, 0.05) is 0 Å². The molecule has 4 aliphatic rings. The zero-order chi connectivity index (χ0) is 19.8. The summed E-state index contributed by atoms with van der Waals surface area (Å²) >= 11 is 0. The summed E-state index contributed by atoms with van der Waals surface area (Å²) in [6, 6.07) is 0. The van der Waals surface area contributed by atoms with E-state index in [4.69, 9.17) is 0 Å². The van der Waals surface area contributed by atoms with Gasteiger partial charge in [-0.2, -0.15) is 0 Å². The summed E-state index contributed by atoms with van der Waals surface area (Å²) in [7, 11) is 0. The molecule has 0 amide bonds. The fraction of sp³-hybridized carbons (Fsp3) is 0.923. The molecule has 4 rings (SSSR count). The monoisotopic (exact) mass is 374 g/mol. The number of aliphatic hydroxyl groups is 1. The molecule has 3 saturated carbocycles. The Bertz CT molecular complexity index is 534. The molecule has 0 aliphatic heterocycles. The third-order valence-electron chi connectivity index (χ3n) is 9.37. The van der Waals surface area contributed by atoms with Gasteiger partial charge < -0.3 is 5.11 Å². The molecule has 0 aromatic rings. The van der Waals surface area contributed by atoms with Crippen LogP contribution < -0.4 is 0 Å². The molecule has 1 heteroatoms. The molecule has 156 valence electrons. The van der Waals surface area contributed by atoms with E-state index < -0.39 is 0 Å². The predicted molar refractivity (Wildman–Crippen MR) is 117 cm³/mol. The van der Waals surface area contributed by atoms with Gasteiger partial charge in [-0.05, 0) is 98.2 Å². The van der Waals surface area contributed by atoms with Crippen molar-refractivity contribution in [3.63, 3.8) is 0 Å². The molecule has 0 aromatic carbocycles. The minimum absolute atomic E-state index is 0.0726. The maximum absolute atomic E-state index is 10.1. The molecule has 4 aliphatic carbocycles. The van der Waals surface area contributed by atoms with Gasteiger partial charge in [-0.1, -0.05) is 59.6 Å². The first-order chi connectivity index (χ1) is 12.8. The van der Waals surface area contributed by atoms with Crippen molar-refractivity contribution in [2.45, 2.75) is 112 Å². The highest BCUT2D eigenvalue weighted by Crippen LogP contribution is 2.66. The van der Waals surface area contributed by atoms with Crippen LogP contribution in [0.1, 0.15) is 106 Å². The maximum atomic E-state index is 10.1. The van der Waals surface area contributed by atoms with Crippen LogP contribution in [0, 0.1) is 40.4 Å². The standard InChI is InChI=1S/C24H40O.C2H6/c1-16(2)5-6-17-8-10-21-20-9-7-18-15-19(25)11-13-24(18,4)22(20)12-14-23(17,21)3;1-2/h7,16-17,19-22,25H,5-6,8-15H2,1-4H3;1-2H3/t17-,19?,20?,21?,22?,23?,24?;/m0./s1. The molecular weight excluding hydrogens is 328 g/mol. The first kappa shape index (κ1) is 21.4. The summed E-state index contributed by atoms with van der Waals surface area (Å²) in [5.41, 5.74) is 2.64. The van der Waals surface area contributed by atoms with E-state index in [2.05, 4.69) is 33.8 Å². The van der Waals surface area contributed by atoms with E-state index in [1.165, 1.54) is 51.4 Å². The van der Waals surface area contributed by atoms with Crippen LogP contribution >= 0.6 is 0 Å². The highest BCUT2D eigenvalue weighted by molar-refractivity contribution is 5.25. The van der Waals surface area contributed by atoms with Crippen LogP contribution in [0.4, 0.5) is 0 Å². The SMILES string of the molecule is CC.CC(C)CC[C@H]1CCC2C3CC=C4CC(O)CCC4(C)C3CCC21C. The molecule has 0 spiro atoms. The number of hydrogen-bond acceptors (Lipinski definition) is 1. The zero-order valence-electron chi connectivity index (χ0n) is 19.1. The minimum atomic E-state index is -0.0726. The van der Waals surface area contributed by atoms with Crippen molar-refractivity contribution in [1.29, 1.82) is 0 Å². The summed E-state index contributed by atoms with van der Waals surface area (Å²) in [6.07, 6.45) is 15.8. The van der Waals surface area contributed by atoms with Gasteiger partial charge in [0.2, 0.25) is 0 Å². The van der Waals surface area contributed by atoms with Crippen LogP contribution in [0.5, 0.6) is 0 Å². The van der Waals surface area contributed by atoms with E-state index in [1.807, 2.05) is 13.8 Å². The summed E-state index contributed by atoms with van der Waals surface area (Å²) in [5.74, 6) is 4.61. The Balaban J connectivity index is 0.00000102. The Morgan fingerprint density at radius 3 is 2.48 bits per heavy atom. The van der Waals surface area contributed by atoms with Crippen molar-refractivity contribution in [2.75, 3.05) is 0 Å². The van der Waals surface area contributed by atoms with E-state index in [-0.39, 0.29) is 6.10 Å². The molecule has 0 heterocycles. The smallest absolute Gasteiger partial charge is 0.0577 e. The predicted octanol–water partition coefficient (Wildman–Crippen LogP) is 7.39. The van der Waals surface area contributed by atoms with Crippen LogP contribution in [0.25, 0.3) is 0 Å². The summed E-state index contributed by atoms with van der Waals surface area (Å²) < 4.78 is 0. The quantitative estimate of drug-likeness (QED) is 0.511. The fourth-order valence-corrected chi connectivity index (χ4v) is 7.76. The molecule has 0 bridgehead atoms. The van der Waals surface area contributed by atoms with Crippen molar-refractivity contribution in [3.8, 4) is 0 Å². The number of rotatable bonds is 3. The molecule has 0 saturated heterocycles. The van der Waals surface area contributed by atoms with Crippen molar-refractivity contribution in [3.05, 3.63) is 11.6 Å². The first-order valence-electron chi connectivity index (χ1n) is 12.2. The average Bonchev–Trinajstić information content (AvgIpc) is 2.98. The molecule has 0 radical (unpaired) electrons. The molecule has 27 heavy (non-hydrogen) atoms. The van der Waals surface area contributed by atoms with Gasteiger partial charge in [0.25, 0.3) is 0 Å². The van der Waals surface area contributed by atoms with Crippen molar-refractivity contribution >= 4 is 0 Å². The molecular formula is C26H46O. The van der Waals surface area contributed by atoms with Crippen LogP contribution in [-0.4, -0.2) is 11.2 Å². The maximum Gasteiger partial charge on any atom is 0.0577 e. The van der Waals surface area contributed by atoms with E-state index in [0.29, 0.717) is 10.8 Å². The van der Waals surface area contributed by atoms with E-state index in [1.54, 1.807) is 5.57 Å². The Morgan fingerprint density at radius 1 is 1.04 bits per heavy atom. The fourth-order valence-electron chi connectivity index (χ4n) is 7.76. The number of allylic oxidation sites excluding steroid dienone is 1. The Labute approximate surface area is 169 Å². The van der Waals surface area contributed by atoms with Gasteiger partial charge in [-0.15, -0.1) is 0 Å². The van der Waals surface area contributed by atoms with E-state index >= 15 is 0 Å². The van der Waals surface area contributed by atoms with Crippen LogP contribution in [0.2, 0.25) is 0 Å². The lowest BCUT2D eigenvalue weighted by Crippen LogP contribution is -2.50. The first-order valence-corrected chi connectivity index (χ1v) is 12.2. The molecule has 0 aromatic heterocycles. The number of aliphatic hydroxyl groups excluding tert-OH is 1. The van der Waals surface area contributed by atoms with Gasteiger partial charge in [-0.25, -0.2) is 0 Å². The topological polar surface area (TPSA) is 20.2 Å². The summed E-state index contributed by atoms with van der Waals surface area (Å²) in [4.78, 5) is 0. The van der Waals surface area contributed by atoms with Gasteiger partial charge in [0.1, 0.15) is 0 Å². The minimum Gasteiger partial charge on any atom is -0.393 e. The van der Waals surface area contributed by atoms with E-state index in [9.17, 15) is 5.11 Å². The second kappa shape index (κ2) is 8.21.